The van der Waals surface area contributed by atoms with Gasteiger partial charge in [-0.2, -0.15) is 0 Å². The fraction of sp³-hybridized carbons (Fsp3) is 0.364. The average molecular weight is 194 g/mol. The zero-order chi connectivity index (χ0) is 10.2. The molecule has 1 aromatic carbocycles. The van der Waals surface area contributed by atoms with Crippen molar-refractivity contribution in [1.82, 2.24) is 0 Å². The Morgan fingerprint density at radius 3 is 2.86 bits per heavy atom. The van der Waals surface area contributed by atoms with E-state index in [1.54, 1.807) is 7.11 Å². The van der Waals surface area contributed by atoms with E-state index in [0.29, 0.717) is 13.0 Å². The third-order valence-corrected chi connectivity index (χ3v) is 1.78. The molecule has 0 unspecified atom stereocenters. The van der Waals surface area contributed by atoms with Gasteiger partial charge in [-0.15, -0.1) is 0 Å². The minimum Gasteiger partial charge on any atom is -0.497 e. The van der Waals surface area contributed by atoms with E-state index in [1.807, 2.05) is 24.3 Å². The summed E-state index contributed by atoms with van der Waals surface area (Å²) in [5.41, 5.74) is 0. The quantitative estimate of drug-likeness (QED) is 0.513. The molecule has 0 aliphatic heterocycles. The lowest BCUT2D eigenvalue weighted by atomic mass is 10.3. The molecule has 0 bridgehead atoms. The van der Waals surface area contributed by atoms with Crippen LogP contribution < -0.4 is 9.47 Å². The van der Waals surface area contributed by atoms with Crippen LogP contribution in [-0.4, -0.2) is 20.0 Å². The summed E-state index contributed by atoms with van der Waals surface area (Å²) in [5.74, 6) is 1.55. The van der Waals surface area contributed by atoms with E-state index in [4.69, 9.17) is 9.47 Å². The SMILES string of the molecule is COc1cccc(OCCCC=O)c1. The molecule has 0 amide bonds. The smallest absolute Gasteiger partial charge is 0.122 e. The monoisotopic (exact) mass is 194 g/mol. The molecule has 3 heteroatoms. The summed E-state index contributed by atoms with van der Waals surface area (Å²) in [6.07, 6.45) is 2.19. The number of aldehydes is 1. The van der Waals surface area contributed by atoms with E-state index in [1.165, 1.54) is 0 Å². The third kappa shape index (κ3) is 3.47. The van der Waals surface area contributed by atoms with Crippen LogP contribution in [0.15, 0.2) is 24.3 Å². The highest BCUT2D eigenvalue weighted by Crippen LogP contribution is 2.18. The molecular weight excluding hydrogens is 180 g/mol. The van der Waals surface area contributed by atoms with Crippen molar-refractivity contribution in [3.05, 3.63) is 24.3 Å². The number of rotatable bonds is 6. The molecular formula is C11H14O3. The van der Waals surface area contributed by atoms with Crippen LogP contribution in [0.25, 0.3) is 0 Å². The molecule has 0 aliphatic carbocycles. The first kappa shape index (κ1) is 10.6. The van der Waals surface area contributed by atoms with Crippen molar-refractivity contribution in [2.24, 2.45) is 0 Å². The van der Waals surface area contributed by atoms with Gasteiger partial charge < -0.3 is 14.3 Å². The van der Waals surface area contributed by atoms with E-state index >= 15 is 0 Å². The van der Waals surface area contributed by atoms with Crippen molar-refractivity contribution < 1.29 is 14.3 Å². The Morgan fingerprint density at radius 2 is 2.14 bits per heavy atom. The molecule has 0 atom stereocenters. The van der Waals surface area contributed by atoms with Crippen molar-refractivity contribution in [2.75, 3.05) is 13.7 Å². The molecule has 3 nitrogen and oxygen atoms in total. The number of carbonyl (C=O) groups excluding carboxylic acids is 1. The summed E-state index contributed by atoms with van der Waals surface area (Å²) in [4.78, 5) is 10.0. The van der Waals surface area contributed by atoms with Gasteiger partial charge in [0.15, 0.2) is 0 Å². The second kappa shape index (κ2) is 6.02. The predicted octanol–water partition coefficient (Wildman–Crippen LogP) is 2.05. The Hall–Kier alpha value is -1.51. The maximum Gasteiger partial charge on any atom is 0.122 e. The zero-order valence-corrected chi connectivity index (χ0v) is 8.23. The summed E-state index contributed by atoms with van der Waals surface area (Å²) < 4.78 is 10.5. The summed E-state index contributed by atoms with van der Waals surface area (Å²) in [6.45, 7) is 0.561. The van der Waals surface area contributed by atoms with Gasteiger partial charge >= 0.3 is 0 Å². The van der Waals surface area contributed by atoms with Gasteiger partial charge in [-0.05, 0) is 18.6 Å². The van der Waals surface area contributed by atoms with Crippen molar-refractivity contribution in [3.8, 4) is 11.5 Å². The van der Waals surface area contributed by atoms with Crippen LogP contribution >= 0.6 is 0 Å². The van der Waals surface area contributed by atoms with Gasteiger partial charge in [-0.3, -0.25) is 0 Å². The maximum atomic E-state index is 10.0. The molecule has 0 fully saturated rings. The number of methoxy groups -OCH3 is 1. The normalized spacial score (nSPS) is 9.50. The summed E-state index contributed by atoms with van der Waals surface area (Å²) in [5, 5.41) is 0. The molecule has 0 heterocycles. The number of carbonyl (C=O) groups is 1. The minimum atomic E-state index is 0.546. The van der Waals surface area contributed by atoms with Gasteiger partial charge in [-0.1, -0.05) is 6.07 Å². The first-order valence-electron chi connectivity index (χ1n) is 4.57. The van der Waals surface area contributed by atoms with E-state index in [0.717, 1.165) is 24.2 Å². The van der Waals surface area contributed by atoms with Crippen LogP contribution in [0, 0.1) is 0 Å². The van der Waals surface area contributed by atoms with Crippen LogP contribution in [0.3, 0.4) is 0 Å². The van der Waals surface area contributed by atoms with Gasteiger partial charge in [-0.25, -0.2) is 0 Å². The van der Waals surface area contributed by atoms with Crippen molar-refractivity contribution in [1.29, 1.82) is 0 Å². The zero-order valence-electron chi connectivity index (χ0n) is 8.23. The second-order valence-electron chi connectivity index (χ2n) is 2.84. The fourth-order valence-electron chi connectivity index (χ4n) is 1.05. The molecule has 0 spiro atoms. The average Bonchev–Trinajstić information content (AvgIpc) is 2.25. The first-order valence-corrected chi connectivity index (χ1v) is 4.57. The Labute approximate surface area is 83.6 Å². The van der Waals surface area contributed by atoms with Gasteiger partial charge in [0.25, 0.3) is 0 Å². The Bertz CT molecular complexity index is 284. The van der Waals surface area contributed by atoms with Crippen LogP contribution in [0.5, 0.6) is 11.5 Å². The van der Waals surface area contributed by atoms with E-state index in [-0.39, 0.29) is 0 Å². The van der Waals surface area contributed by atoms with Crippen LogP contribution in [0.2, 0.25) is 0 Å². The van der Waals surface area contributed by atoms with Crippen LogP contribution in [0.1, 0.15) is 12.8 Å². The lowest BCUT2D eigenvalue weighted by Gasteiger charge is -2.06. The predicted molar refractivity (Wildman–Crippen MR) is 53.8 cm³/mol. The molecule has 0 aromatic heterocycles. The topological polar surface area (TPSA) is 35.5 Å². The molecule has 1 aromatic rings. The lowest BCUT2D eigenvalue weighted by molar-refractivity contribution is -0.108. The molecule has 0 saturated carbocycles. The molecule has 14 heavy (non-hydrogen) atoms. The summed E-state index contributed by atoms with van der Waals surface area (Å²) in [6, 6.07) is 7.41. The summed E-state index contributed by atoms with van der Waals surface area (Å²) >= 11 is 0. The lowest BCUT2D eigenvalue weighted by Crippen LogP contribution is -1.97. The van der Waals surface area contributed by atoms with Crippen molar-refractivity contribution in [2.45, 2.75) is 12.8 Å². The van der Waals surface area contributed by atoms with E-state index in [9.17, 15) is 4.79 Å². The highest BCUT2D eigenvalue weighted by molar-refractivity contribution is 5.49. The fourth-order valence-corrected chi connectivity index (χ4v) is 1.05. The van der Waals surface area contributed by atoms with Crippen molar-refractivity contribution in [3.63, 3.8) is 0 Å². The number of benzene rings is 1. The number of ether oxygens (including phenoxy) is 2. The maximum absolute atomic E-state index is 10.0. The molecule has 0 radical (unpaired) electrons. The molecule has 0 aliphatic rings. The molecule has 76 valence electrons. The van der Waals surface area contributed by atoms with Crippen LogP contribution in [0.4, 0.5) is 0 Å². The molecule has 1 rings (SSSR count). The van der Waals surface area contributed by atoms with E-state index < -0.39 is 0 Å². The standard InChI is InChI=1S/C11H14O3/c1-13-10-5-4-6-11(9-10)14-8-3-2-7-12/h4-7,9H,2-3,8H2,1H3. The Morgan fingerprint density at radius 1 is 1.36 bits per heavy atom. The van der Waals surface area contributed by atoms with Crippen LogP contribution in [-0.2, 0) is 4.79 Å². The number of unbranched alkanes of at least 4 members (excludes halogenated alkanes) is 1. The van der Waals surface area contributed by atoms with Gasteiger partial charge in [0.05, 0.1) is 13.7 Å². The largest absolute Gasteiger partial charge is 0.497 e. The number of hydrogen-bond donors (Lipinski definition) is 0. The number of hydrogen-bond acceptors (Lipinski definition) is 3. The Balaban J connectivity index is 2.38. The highest BCUT2D eigenvalue weighted by atomic mass is 16.5. The van der Waals surface area contributed by atoms with Crippen molar-refractivity contribution >= 4 is 6.29 Å². The van der Waals surface area contributed by atoms with Gasteiger partial charge in [0.1, 0.15) is 17.8 Å². The molecule has 0 saturated heterocycles. The second-order valence-corrected chi connectivity index (χ2v) is 2.84. The first-order chi connectivity index (χ1) is 6.86. The van der Waals surface area contributed by atoms with Gasteiger partial charge in [0, 0.05) is 12.5 Å². The Kier molecular flexibility index (Phi) is 4.55. The highest BCUT2D eigenvalue weighted by Gasteiger charge is 1.95. The van der Waals surface area contributed by atoms with Gasteiger partial charge in [0.2, 0.25) is 0 Å². The van der Waals surface area contributed by atoms with E-state index in [2.05, 4.69) is 0 Å². The molecule has 0 N–H and O–H groups in total. The summed E-state index contributed by atoms with van der Waals surface area (Å²) in [7, 11) is 1.62. The third-order valence-electron chi connectivity index (χ3n) is 1.78. The minimum absolute atomic E-state index is 0.546.